The summed E-state index contributed by atoms with van der Waals surface area (Å²) in [7, 11) is 13.4. The Labute approximate surface area is 370 Å². The van der Waals surface area contributed by atoms with Crippen molar-refractivity contribution < 1.29 is 20.8 Å². The van der Waals surface area contributed by atoms with Gasteiger partial charge in [-0.15, -0.1) is 69.1 Å². The SMILES string of the molecule is CCCCc1cc2c(-c3ccccc3CCC)cccc2[cH-]1.CCCCc1cc2c(-c3ccccc3CCC)cccc2[cH-]1.[B]N([Si](C)(C)C)[Si](C)(C)C.[Cl][Zr+2][Cl]. The van der Waals surface area contributed by atoms with E-state index in [1.54, 1.807) is 0 Å². The van der Waals surface area contributed by atoms with Gasteiger partial charge in [-0.05, 0) is 47.9 Å². The molecule has 6 aromatic rings. The van der Waals surface area contributed by atoms with Crippen LogP contribution < -0.4 is 0 Å². The average Bonchev–Trinajstić information content (AvgIpc) is 3.81. The van der Waals surface area contributed by atoms with E-state index in [4.69, 9.17) is 25.0 Å². The van der Waals surface area contributed by atoms with Crippen LogP contribution in [0.2, 0.25) is 39.3 Å². The maximum atomic E-state index is 5.98. The van der Waals surface area contributed by atoms with Crippen molar-refractivity contribution in [2.45, 2.75) is 131 Å². The molecule has 6 aromatic carbocycles. The summed E-state index contributed by atoms with van der Waals surface area (Å²) in [6.45, 7) is 22.7. The summed E-state index contributed by atoms with van der Waals surface area (Å²) in [6.07, 6.45) is 12.1. The number of fused-ring (bicyclic) bond motifs is 2. The van der Waals surface area contributed by atoms with Crippen LogP contribution in [0.5, 0.6) is 0 Å². The summed E-state index contributed by atoms with van der Waals surface area (Å²) < 4.78 is 2.15. The van der Waals surface area contributed by atoms with E-state index in [0.29, 0.717) is 0 Å². The monoisotopic (exact) mass is 909 g/mol. The normalized spacial score (nSPS) is 11.3. The molecule has 0 aliphatic carbocycles. The van der Waals surface area contributed by atoms with Crippen LogP contribution in [0.1, 0.15) is 88.5 Å². The number of nitrogens with zero attached hydrogens (tertiary/aromatic N) is 1. The number of benzene rings is 4. The third-order valence-corrected chi connectivity index (χ3v) is 17.3. The second kappa shape index (κ2) is 24.9. The van der Waals surface area contributed by atoms with Crippen molar-refractivity contribution in [3.05, 3.63) is 131 Å². The molecule has 0 saturated carbocycles. The number of hydrogen-bond acceptors (Lipinski definition) is 1. The molecular weight excluding hydrogens is 844 g/mol. The molecule has 0 aliphatic rings. The molecule has 6 rings (SSSR count). The molecule has 0 fully saturated rings. The van der Waals surface area contributed by atoms with Crippen molar-refractivity contribution in [3.8, 4) is 22.3 Å². The minimum atomic E-state index is -1.22. The molecule has 0 heterocycles. The summed E-state index contributed by atoms with van der Waals surface area (Å²) in [5.74, 6) is 0. The van der Waals surface area contributed by atoms with Crippen molar-refractivity contribution >= 4 is 63.0 Å². The van der Waals surface area contributed by atoms with Crippen LogP contribution in [0.25, 0.3) is 43.8 Å². The van der Waals surface area contributed by atoms with Gasteiger partial charge < -0.3 is 4.14 Å². The zero-order valence-electron chi connectivity index (χ0n) is 36.7. The van der Waals surface area contributed by atoms with Crippen LogP contribution in [0.3, 0.4) is 0 Å². The fourth-order valence-corrected chi connectivity index (χ4v) is 15.7. The second-order valence-electron chi connectivity index (χ2n) is 17.1. The van der Waals surface area contributed by atoms with Crippen molar-refractivity contribution in [3.63, 3.8) is 0 Å². The van der Waals surface area contributed by atoms with Gasteiger partial charge in [0.15, 0.2) is 7.98 Å². The Kier molecular flexibility index (Phi) is 21.6. The topological polar surface area (TPSA) is 3.24 Å². The Morgan fingerprint density at radius 2 is 0.860 bits per heavy atom. The zero-order valence-corrected chi connectivity index (χ0v) is 42.7. The van der Waals surface area contributed by atoms with Crippen molar-refractivity contribution in [1.82, 2.24) is 4.14 Å². The van der Waals surface area contributed by atoms with Gasteiger partial charge >= 0.3 is 37.9 Å². The standard InChI is InChI=1S/2C22H25.C6H18BNSi2.2ClH.Zr/c2*1-3-5-10-17-15-19-12-8-14-21(22(19)16-17)20-13-7-6-11-18(20)9-4-2;1-9(2,3)8(7)10(4,5)6;;;/h2*6-8,11-16H,3-5,9-10H2,1-2H3;1-6H3;2*1H;/q2*-1;;;;+4/p-2. The van der Waals surface area contributed by atoms with Crippen LogP contribution in [0.15, 0.2) is 109 Å². The van der Waals surface area contributed by atoms with E-state index in [1.807, 2.05) is 0 Å². The van der Waals surface area contributed by atoms with Gasteiger partial charge in [0.1, 0.15) is 16.5 Å². The first kappa shape index (κ1) is 49.4. The van der Waals surface area contributed by atoms with Gasteiger partial charge in [0.05, 0.1) is 0 Å². The van der Waals surface area contributed by atoms with Gasteiger partial charge in [-0.3, -0.25) is 0 Å². The predicted octanol–water partition coefficient (Wildman–Crippen LogP) is 16.5. The van der Waals surface area contributed by atoms with E-state index in [2.05, 4.69) is 180 Å². The Balaban J connectivity index is 0.000000236. The molecule has 0 N–H and O–H groups in total. The van der Waals surface area contributed by atoms with Crippen LogP contribution in [0, 0.1) is 0 Å². The Morgan fingerprint density at radius 1 is 0.509 bits per heavy atom. The van der Waals surface area contributed by atoms with E-state index in [9.17, 15) is 0 Å². The molecule has 57 heavy (non-hydrogen) atoms. The molecule has 0 spiro atoms. The summed E-state index contributed by atoms with van der Waals surface area (Å²) in [4.78, 5) is 0. The molecule has 1 nitrogen and oxygen atoms in total. The summed E-state index contributed by atoms with van der Waals surface area (Å²) in [5, 5.41) is 5.60. The van der Waals surface area contributed by atoms with Crippen LogP contribution in [-0.4, -0.2) is 28.6 Å². The average molecular weight is 912 g/mol. The van der Waals surface area contributed by atoms with E-state index in [-0.39, 0.29) is 0 Å². The summed E-state index contributed by atoms with van der Waals surface area (Å²) >= 11 is -0.826. The second-order valence-corrected chi connectivity index (χ2v) is 31.0. The van der Waals surface area contributed by atoms with Crippen LogP contribution >= 0.6 is 17.0 Å². The number of halogens is 2. The molecular formula is C50H68BCl2NSi2Zr. The fourth-order valence-electron chi connectivity index (χ4n) is 7.66. The van der Waals surface area contributed by atoms with Gasteiger partial charge in [-0.1, -0.05) is 177 Å². The maximum absolute atomic E-state index is 5.98. The number of unbranched alkanes of at least 4 members (excludes halogenated alkanes) is 2. The van der Waals surface area contributed by atoms with Crippen LogP contribution in [0.4, 0.5) is 0 Å². The number of aryl methyl sites for hydroxylation is 4. The first-order chi connectivity index (χ1) is 27.2. The summed E-state index contributed by atoms with van der Waals surface area (Å²) in [5.41, 5.74) is 11.5. The molecule has 2 radical (unpaired) electrons. The third kappa shape index (κ3) is 15.2. The van der Waals surface area contributed by atoms with Gasteiger partial charge in [0.25, 0.3) is 0 Å². The van der Waals surface area contributed by atoms with Gasteiger partial charge in [0.2, 0.25) is 0 Å². The van der Waals surface area contributed by atoms with E-state index >= 15 is 0 Å². The first-order valence-corrected chi connectivity index (χ1v) is 34.5. The van der Waals surface area contributed by atoms with E-state index < -0.39 is 37.3 Å². The fraction of sp³-hybridized carbons (Fsp3) is 0.400. The van der Waals surface area contributed by atoms with E-state index in [1.165, 1.54) is 117 Å². The molecule has 7 heteroatoms. The molecule has 302 valence electrons. The molecule has 0 atom stereocenters. The van der Waals surface area contributed by atoms with Crippen molar-refractivity contribution in [2.24, 2.45) is 0 Å². The van der Waals surface area contributed by atoms with Gasteiger partial charge in [-0.2, -0.15) is 12.1 Å². The first-order valence-electron chi connectivity index (χ1n) is 21.3. The van der Waals surface area contributed by atoms with E-state index in [0.717, 1.165) is 12.8 Å². The molecule has 0 aromatic heterocycles. The van der Waals surface area contributed by atoms with Gasteiger partial charge in [0, 0.05) is 0 Å². The molecule has 0 bridgehead atoms. The Hall–Kier alpha value is -1.98. The number of rotatable bonds is 14. The van der Waals surface area contributed by atoms with Crippen LogP contribution in [-0.2, 0) is 46.5 Å². The van der Waals surface area contributed by atoms with Crippen molar-refractivity contribution in [2.75, 3.05) is 0 Å². The summed E-state index contributed by atoms with van der Waals surface area (Å²) in [6, 6.07) is 40.7. The molecule has 0 aliphatic heterocycles. The molecule has 0 amide bonds. The third-order valence-electron chi connectivity index (χ3n) is 10.4. The zero-order chi connectivity index (χ0) is 42.0. The predicted molar refractivity (Wildman–Crippen MR) is 261 cm³/mol. The Bertz CT molecular complexity index is 1910. The molecule has 0 unspecified atom stereocenters. The quantitative estimate of drug-likeness (QED) is 0.0777. The minimum absolute atomic E-state index is 0.826. The molecule has 0 saturated heterocycles. The van der Waals surface area contributed by atoms with Crippen molar-refractivity contribution in [1.29, 1.82) is 0 Å². The van der Waals surface area contributed by atoms with Gasteiger partial charge in [-0.25, -0.2) is 0 Å². The Morgan fingerprint density at radius 3 is 1.18 bits per heavy atom. The number of hydrogen-bond donors (Lipinski definition) is 0.